The van der Waals surface area contributed by atoms with Crippen molar-refractivity contribution in [2.75, 3.05) is 6.61 Å². The minimum Gasteiger partial charge on any atom is -0.478 e. The predicted molar refractivity (Wildman–Crippen MR) is 126 cm³/mol. The second-order valence-corrected chi connectivity index (χ2v) is 11.3. The number of carbonyl (C=O) groups is 2. The molecule has 4 heteroatoms. The smallest absolute Gasteiger partial charge is 0.339 e. The van der Waals surface area contributed by atoms with Gasteiger partial charge in [0.15, 0.2) is 0 Å². The molecule has 0 spiro atoms. The van der Waals surface area contributed by atoms with E-state index < -0.39 is 11.9 Å². The maximum absolute atomic E-state index is 12.8. The average molecular weight is 439 g/mol. The number of allylic oxidation sites excluding steroid dienone is 2. The molecule has 1 N–H and O–H groups in total. The summed E-state index contributed by atoms with van der Waals surface area (Å²) in [6, 6.07) is 6.32. The third-order valence-corrected chi connectivity index (χ3v) is 9.05. The molecular weight excluding hydrogens is 400 g/mol. The van der Waals surface area contributed by atoms with Crippen molar-refractivity contribution >= 4 is 11.9 Å². The maximum atomic E-state index is 12.8. The molecule has 2 saturated carbocycles. The van der Waals surface area contributed by atoms with E-state index in [0.29, 0.717) is 30.3 Å². The zero-order valence-electron chi connectivity index (χ0n) is 20.0. The Labute approximate surface area is 192 Å². The molecule has 0 aromatic heterocycles. The molecular formula is C28H38O4. The Balaban J connectivity index is 1.52. The molecule has 174 valence electrons. The van der Waals surface area contributed by atoms with Crippen molar-refractivity contribution < 1.29 is 19.4 Å². The highest BCUT2D eigenvalue weighted by atomic mass is 16.5. The number of aromatic carboxylic acids is 1. The lowest BCUT2D eigenvalue weighted by Crippen LogP contribution is -2.53. The molecule has 0 aliphatic heterocycles. The van der Waals surface area contributed by atoms with Gasteiger partial charge >= 0.3 is 11.9 Å². The molecule has 4 rings (SSSR count). The number of rotatable bonds is 5. The van der Waals surface area contributed by atoms with Crippen LogP contribution in [0.25, 0.3) is 0 Å². The van der Waals surface area contributed by atoms with Gasteiger partial charge in [0.2, 0.25) is 0 Å². The van der Waals surface area contributed by atoms with Crippen LogP contribution < -0.4 is 0 Å². The molecule has 0 amide bonds. The number of ether oxygens (including phenoxy) is 1. The summed E-state index contributed by atoms with van der Waals surface area (Å²) in [5.74, 6) is 0.969. The summed E-state index contributed by atoms with van der Waals surface area (Å²) in [6.45, 7) is 9.82. The molecule has 0 bridgehead atoms. The van der Waals surface area contributed by atoms with E-state index in [1.165, 1.54) is 31.7 Å². The van der Waals surface area contributed by atoms with Gasteiger partial charge in [-0.25, -0.2) is 9.59 Å². The monoisotopic (exact) mass is 438 g/mol. The number of carboxylic acids is 1. The van der Waals surface area contributed by atoms with Crippen molar-refractivity contribution in [2.45, 2.75) is 72.6 Å². The summed E-state index contributed by atoms with van der Waals surface area (Å²) < 4.78 is 5.82. The average Bonchev–Trinajstić information content (AvgIpc) is 2.77. The van der Waals surface area contributed by atoms with Crippen molar-refractivity contribution in [2.24, 2.45) is 34.5 Å². The fourth-order valence-corrected chi connectivity index (χ4v) is 7.31. The normalized spacial score (nSPS) is 34.3. The standard InChI is InChI=1S/C28H38O4/c1-18(2)19-10-12-23-20(16-19)11-13-24-27(3,14-7-15-28(23,24)4)17-32-26(31)22-9-6-5-8-21(22)25(29)30/h5-6,8-9,16,18-19,23-24H,7,10-15,17H2,1-4H3,(H,29,30)/t19?,23-,24?,27-,28-/m1/s1. The van der Waals surface area contributed by atoms with E-state index in [-0.39, 0.29) is 22.0 Å². The van der Waals surface area contributed by atoms with Crippen molar-refractivity contribution in [3.63, 3.8) is 0 Å². The lowest BCUT2D eigenvalue weighted by molar-refractivity contribution is -0.0926. The third-order valence-electron chi connectivity index (χ3n) is 9.05. The van der Waals surface area contributed by atoms with Crippen LogP contribution in [0, 0.1) is 34.5 Å². The Morgan fingerprint density at radius 3 is 2.50 bits per heavy atom. The second-order valence-electron chi connectivity index (χ2n) is 11.3. The van der Waals surface area contributed by atoms with Crippen molar-refractivity contribution in [1.82, 2.24) is 0 Å². The molecule has 3 aliphatic rings. The Hall–Kier alpha value is -2.10. The summed E-state index contributed by atoms with van der Waals surface area (Å²) in [6.07, 6.45) is 11.0. The first-order valence-electron chi connectivity index (χ1n) is 12.4. The minimum absolute atomic E-state index is 0.00509. The largest absolute Gasteiger partial charge is 0.478 e. The van der Waals surface area contributed by atoms with Crippen LogP contribution in [0.1, 0.15) is 93.4 Å². The van der Waals surface area contributed by atoms with Gasteiger partial charge in [0, 0.05) is 5.41 Å². The van der Waals surface area contributed by atoms with Gasteiger partial charge in [-0.3, -0.25) is 0 Å². The number of carbonyl (C=O) groups excluding carboxylic acids is 1. The molecule has 0 heterocycles. The lowest BCUT2D eigenvalue weighted by atomic mass is 9.45. The molecule has 2 unspecified atom stereocenters. The number of fused-ring (bicyclic) bond motifs is 3. The fourth-order valence-electron chi connectivity index (χ4n) is 7.31. The minimum atomic E-state index is -1.10. The number of carboxylic acid groups (broad SMARTS) is 1. The van der Waals surface area contributed by atoms with Crippen LogP contribution in [0.15, 0.2) is 35.9 Å². The van der Waals surface area contributed by atoms with Crippen LogP contribution >= 0.6 is 0 Å². The van der Waals surface area contributed by atoms with Crippen LogP contribution in [0.2, 0.25) is 0 Å². The van der Waals surface area contributed by atoms with E-state index in [2.05, 4.69) is 33.8 Å². The summed E-state index contributed by atoms with van der Waals surface area (Å²) in [7, 11) is 0. The van der Waals surface area contributed by atoms with E-state index in [9.17, 15) is 14.7 Å². The van der Waals surface area contributed by atoms with Gasteiger partial charge in [0.05, 0.1) is 17.7 Å². The molecule has 1 aromatic rings. The summed E-state index contributed by atoms with van der Waals surface area (Å²) in [5.41, 5.74) is 2.02. The van der Waals surface area contributed by atoms with E-state index in [1.807, 2.05) is 0 Å². The summed E-state index contributed by atoms with van der Waals surface area (Å²) >= 11 is 0. The molecule has 0 saturated heterocycles. The van der Waals surface area contributed by atoms with Crippen LogP contribution in [-0.2, 0) is 4.74 Å². The van der Waals surface area contributed by atoms with Gasteiger partial charge in [0.25, 0.3) is 0 Å². The van der Waals surface area contributed by atoms with E-state index >= 15 is 0 Å². The van der Waals surface area contributed by atoms with Gasteiger partial charge < -0.3 is 9.84 Å². The zero-order chi connectivity index (χ0) is 23.1. The summed E-state index contributed by atoms with van der Waals surface area (Å²) in [5, 5.41) is 9.42. The highest BCUT2D eigenvalue weighted by molar-refractivity contribution is 6.02. The van der Waals surface area contributed by atoms with Crippen LogP contribution in [0.3, 0.4) is 0 Å². The van der Waals surface area contributed by atoms with Gasteiger partial charge in [-0.05, 0) is 79.7 Å². The Bertz CT molecular complexity index is 916. The third kappa shape index (κ3) is 4.02. The molecule has 4 nitrogen and oxygen atoms in total. The number of benzene rings is 1. The van der Waals surface area contributed by atoms with Crippen molar-refractivity contribution in [3.8, 4) is 0 Å². The number of hydrogen-bond donors (Lipinski definition) is 1. The molecule has 1 aromatic carbocycles. The van der Waals surface area contributed by atoms with Gasteiger partial charge in [-0.1, -0.05) is 57.9 Å². The van der Waals surface area contributed by atoms with Gasteiger partial charge in [-0.2, -0.15) is 0 Å². The van der Waals surface area contributed by atoms with Crippen LogP contribution in [0.4, 0.5) is 0 Å². The molecule has 5 atom stereocenters. The van der Waals surface area contributed by atoms with Crippen LogP contribution in [0.5, 0.6) is 0 Å². The lowest BCUT2D eigenvalue weighted by Gasteiger charge is -2.59. The van der Waals surface area contributed by atoms with E-state index in [4.69, 9.17) is 4.74 Å². The first kappa shape index (κ1) is 23.1. The first-order chi connectivity index (χ1) is 15.2. The van der Waals surface area contributed by atoms with Crippen molar-refractivity contribution in [1.29, 1.82) is 0 Å². The molecule has 2 fully saturated rings. The van der Waals surface area contributed by atoms with Crippen molar-refractivity contribution in [3.05, 3.63) is 47.0 Å². The van der Waals surface area contributed by atoms with Crippen LogP contribution in [-0.4, -0.2) is 23.7 Å². The van der Waals surface area contributed by atoms with E-state index in [0.717, 1.165) is 19.3 Å². The molecule has 3 aliphatic carbocycles. The highest BCUT2D eigenvalue weighted by Gasteiger charge is 2.55. The Kier molecular flexibility index (Phi) is 6.26. The van der Waals surface area contributed by atoms with E-state index in [1.54, 1.807) is 23.8 Å². The van der Waals surface area contributed by atoms with Gasteiger partial charge in [-0.15, -0.1) is 0 Å². The number of hydrogen-bond acceptors (Lipinski definition) is 3. The fraction of sp³-hybridized carbons (Fsp3) is 0.643. The Morgan fingerprint density at radius 1 is 1.09 bits per heavy atom. The highest BCUT2D eigenvalue weighted by Crippen LogP contribution is 2.63. The second kappa shape index (κ2) is 8.68. The molecule has 32 heavy (non-hydrogen) atoms. The maximum Gasteiger partial charge on any atom is 0.339 e. The number of esters is 1. The summed E-state index contributed by atoms with van der Waals surface area (Å²) in [4.78, 5) is 24.3. The zero-order valence-corrected chi connectivity index (χ0v) is 20.0. The predicted octanol–water partition coefficient (Wildman–Crippen LogP) is 6.76. The SMILES string of the molecule is CC(C)C1C=C2CCC3[C@@](C)(COC(=O)c4ccccc4C(=O)O)CCC[C@]3(C)[C@@H]2CC1. The molecule has 0 radical (unpaired) electrons. The Morgan fingerprint density at radius 2 is 1.81 bits per heavy atom. The van der Waals surface area contributed by atoms with Gasteiger partial charge in [0.1, 0.15) is 0 Å². The first-order valence-corrected chi connectivity index (χ1v) is 12.4. The topological polar surface area (TPSA) is 63.6 Å². The quantitative estimate of drug-likeness (QED) is 0.408.